The molecule has 0 radical (unpaired) electrons. The van der Waals surface area contributed by atoms with Gasteiger partial charge < -0.3 is 20.3 Å². The van der Waals surface area contributed by atoms with Crippen LogP contribution in [0.2, 0.25) is 0 Å². The first-order valence-corrected chi connectivity index (χ1v) is 9.99. The maximum atomic E-state index is 12.3. The number of aryl methyl sites for hydroxylation is 1. The number of aromatic nitrogens is 1. The number of hydrogen-bond donors (Lipinski definition) is 2. The van der Waals surface area contributed by atoms with E-state index in [0.717, 1.165) is 50.3 Å². The average Bonchev–Trinajstić information content (AvgIpc) is 2.77. The lowest BCUT2D eigenvalue weighted by molar-refractivity contribution is 0.0953. The molecule has 2 heterocycles. The van der Waals surface area contributed by atoms with Crippen LogP contribution in [0.5, 0.6) is 5.75 Å². The zero-order valence-corrected chi connectivity index (χ0v) is 16.8. The maximum absolute atomic E-state index is 12.3. The molecule has 1 aromatic heterocycles. The molecular weight excluding hydrogens is 352 g/mol. The van der Waals surface area contributed by atoms with E-state index in [1.165, 1.54) is 5.56 Å². The summed E-state index contributed by atoms with van der Waals surface area (Å²) >= 11 is 0. The lowest BCUT2D eigenvalue weighted by Gasteiger charge is -2.32. The van der Waals surface area contributed by atoms with Crippen molar-refractivity contribution >= 4 is 11.7 Å². The fourth-order valence-electron chi connectivity index (χ4n) is 3.49. The molecule has 1 saturated heterocycles. The fraction of sp³-hybridized carbons (Fsp3) is 0.455. The van der Waals surface area contributed by atoms with E-state index in [4.69, 9.17) is 4.74 Å². The number of pyridine rings is 1. The second-order valence-electron chi connectivity index (χ2n) is 7.16. The van der Waals surface area contributed by atoms with E-state index in [1.807, 2.05) is 31.3 Å². The fourth-order valence-corrected chi connectivity index (χ4v) is 3.49. The molecule has 28 heavy (non-hydrogen) atoms. The van der Waals surface area contributed by atoms with Gasteiger partial charge >= 0.3 is 0 Å². The van der Waals surface area contributed by atoms with E-state index < -0.39 is 0 Å². The Labute approximate surface area is 167 Å². The smallest absolute Gasteiger partial charge is 0.252 e. The quantitative estimate of drug-likeness (QED) is 0.687. The van der Waals surface area contributed by atoms with Crippen LogP contribution in [0.25, 0.3) is 0 Å². The lowest BCUT2D eigenvalue weighted by Crippen LogP contribution is -2.41. The average molecular weight is 383 g/mol. The Kier molecular flexibility index (Phi) is 7.25. The summed E-state index contributed by atoms with van der Waals surface area (Å²) in [6.45, 7) is 2.63. The molecular formula is C22H30N4O2. The number of carbonyl (C=O) groups is 1. The first-order valence-electron chi connectivity index (χ1n) is 9.99. The SMILES string of the molecule is CNC1CCN(c2ccc(C(=O)NCCCc3ccc(OC)cc3)cn2)CC1. The third-order valence-electron chi connectivity index (χ3n) is 5.32. The summed E-state index contributed by atoms with van der Waals surface area (Å²) in [6.07, 6.45) is 5.73. The van der Waals surface area contributed by atoms with Gasteiger partial charge in [0.25, 0.3) is 5.91 Å². The molecule has 2 aromatic rings. The summed E-state index contributed by atoms with van der Waals surface area (Å²) in [5, 5.41) is 6.31. The number of methoxy groups -OCH3 is 1. The van der Waals surface area contributed by atoms with E-state index in [1.54, 1.807) is 13.3 Å². The van der Waals surface area contributed by atoms with Crippen molar-refractivity contribution in [2.45, 2.75) is 31.7 Å². The Hall–Kier alpha value is -2.60. The normalized spacial score (nSPS) is 14.7. The van der Waals surface area contributed by atoms with E-state index in [9.17, 15) is 4.79 Å². The van der Waals surface area contributed by atoms with Gasteiger partial charge in [0.15, 0.2) is 0 Å². The Morgan fingerprint density at radius 3 is 2.54 bits per heavy atom. The minimum atomic E-state index is -0.0670. The molecule has 6 nitrogen and oxygen atoms in total. The Balaban J connectivity index is 1.41. The number of ether oxygens (including phenoxy) is 1. The number of nitrogens with one attached hydrogen (secondary N) is 2. The van der Waals surface area contributed by atoms with Crippen LogP contribution < -0.4 is 20.3 Å². The molecule has 1 amide bonds. The molecule has 0 spiro atoms. The molecule has 0 saturated carbocycles. The molecule has 2 N–H and O–H groups in total. The minimum Gasteiger partial charge on any atom is -0.497 e. The van der Waals surface area contributed by atoms with Gasteiger partial charge in [-0.15, -0.1) is 0 Å². The van der Waals surface area contributed by atoms with Crippen LogP contribution in [-0.4, -0.2) is 50.7 Å². The zero-order chi connectivity index (χ0) is 19.8. The van der Waals surface area contributed by atoms with E-state index >= 15 is 0 Å². The number of amides is 1. The molecule has 150 valence electrons. The molecule has 0 bridgehead atoms. The Morgan fingerprint density at radius 2 is 1.93 bits per heavy atom. The van der Waals surface area contributed by atoms with Gasteiger partial charge in [0.05, 0.1) is 12.7 Å². The molecule has 1 aliphatic heterocycles. The third-order valence-corrected chi connectivity index (χ3v) is 5.32. The van der Waals surface area contributed by atoms with Gasteiger partial charge in [0.1, 0.15) is 11.6 Å². The maximum Gasteiger partial charge on any atom is 0.252 e. The highest BCUT2D eigenvalue weighted by atomic mass is 16.5. The summed E-state index contributed by atoms with van der Waals surface area (Å²) in [6, 6.07) is 12.5. The summed E-state index contributed by atoms with van der Waals surface area (Å²) in [7, 11) is 3.68. The Bertz CT molecular complexity index is 738. The second-order valence-corrected chi connectivity index (χ2v) is 7.16. The highest BCUT2D eigenvalue weighted by Crippen LogP contribution is 2.18. The van der Waals surface area contributed by atoms with Crippen molar-refractivity contribution in [2.75, 3.05) is 38.7 Å². The summed E-state index contributed by atoms with van der Waals surface area (Å²) in [4.78, 5) is 19.1. The van der Waals surface area contributed by atoms with Crippen molar-refractivity contribution in [1.82, 2.24) is 15.6 Å². The number of piperidine rings is 1. The van der Waals surface area contributed by atoms with Crippen molar-refractivity contribution in [3.63, 3.8) is 0 Å². The van der Waals surface area contributed by atoms with Crippen molar-refractivity contribution in [3.05, 3.63) is 53.7 Å². The molecule has 6 heteroatoms. The predicted octanol–water partition coefficient (Wildman–Crippen LogP) is 2.64. The number of nitrogens with zero attached hydrogens (tertiary/aromatic N) is 2. The van der Waals surface area contributed by atoms with E-state index in [-0.39, 0.29) is 5.91 Å². The minimum absolute atomic E-state index is 0.0670. The van der Waals surface area contributed by atoms with Crippen molar-refractivity contribution in [1.29, 1.82) is 0 Å². The van der Waals surface area contributed by atoms with Crippen molar-refractivity contribution < 1.29 is 9.53 Å². The number of hydrogen-bond acceptors (Lipinski definition) is 5. The van der Waals surface area contributed by atoms with Gasteiger partial charge in [-0.2, -0.15) is 0 Å². The monoisotopic (exact) mass is 382 g/mol. The van der Waals surface area contributed by atoms with Crippen LogP contribution in [0.15, 0.2) is 42.6 Å². The lowest BCUT2D eigenvalue weighted by atomic mass is 10.1. The van der Waals surface area contributed by atoms with Gasteiger partial charge in [-0.3, -0.25) is 4.79 Å². The van der Waals surface area contributed by atoms with Crippen molar-refractivity contribution in [2.24, 2.45) is 0 Å². The van der Waals surface area contributed by atoms with E-state index in [0.29, 0.717) is 18.2 Å². The third kappa shape index (κ3) is 5.45. The topological polar surface area (TPSA) is 66.5 Å². The van der Waals surface area contributed by atoms with Gasteiger partial charge in [0.2, 0.25) is 0 Å². The summed E-state index contributed by atoms with van der Waals surface area (Å²) in [5.74, 6) is 1.74. The standard InChI is InChI=1S/C22H30N4O2/c1-23-19-11-14-26(15-12-19)21-10-7-18(16-25-21)22(27)24-13-3-4-17-5-8-20(28-2)9-6-17/h5-10,16,19,23H,3-4,11-15H2,1-2H3,(H,24,27). The number of anilines is 1. The van der Waals surface area contributed by atoms with Gasteiger partial charge in [-0.25, -0.2) is 4.98 Å². The van der Waals surface area contributed by atoms with Gasteiger partial charge in [0, 0.05) is 31.9 Å². The van der Waals surface area contributed by atoms with E-state index in [2.05, 4.69) is 32.7 Å². The van der Waals surface area contributed by atoms with Crippen LogP contribution in [0, 0.1) is 0 Å². The highest BCUT2D eigenvalue weighted by molar-refractivity contribution is 5.94. The first-order chi connectivity index (χ1) is 13.7. The first kappa shape index (κ1) is 20.1. The summed E-state index contributed by atoms with van der Waals surface area (Å²) in [5.41, 5.74) is 1.85. The number of benzene rings is 1. The van der Waals surface area contributed by atoms with Crippen LogP contribution in [0.4, 0.5) is 5.82 Å². The number of carbonyl (C=O) groups excluding carboxylic acids is 1. The predicted molar refractivity (Wildman–Crippen MR) is 112 cm³/mol. The summed E-state index contributed by atoms with van der Waals surface area (Å²) < 4.78 is 5.16. The largest absolute Gasteiger partial charge is 0.497 e. The zero-order valence-electron chi connectivity index (χ0n) is 16.8. The van der Waals surface area contributed by atoms with Crippen LogP contribution >= 0.6 is 0 Å². The highest BCUT2D eigenvalue weighted by Gasteiger charge is 2.18. The van der Waals surface area contributed by atoms with Crippen LogP contribution in [0.3, 0.4) is 0 Å². The Morgan fingerprint density at radius 1 is 1.18 bits per heavy atom. The second kappa shape index (κ2) is 10.1. The van der Waals surface area contributed by atoms with Crippen LogP contribution in [-0.2, 0) is 6.42 Å². The van der Waals surface area contributed by atoms with Gasteiger partial charge in [-0.05, 0) is 62.6 Å². The van der Waals surface area contributed by atoms with Crippen LogP contribution in [0.1, 0.15) is 35.2 Å². The molecule has 1 fully saturated rings. The molecule has 1 aliphatic rings. The number of rotatable bonds is 8. The molecule has 0 aliphatic carbocycles. The molecule has 3 rings (SSSR count). The molecule has 1 aromatic carbocycles. The molecule has 0 unspecified atom stereocenters. The van der Waals surface area contributed by atoms with Crippen molar-refractivity contribution in [3.8, 4) is 5.75 Å². The molecule has 0 atom stereocenters. The van der Waals surface area contributed by atoms with Gasteiger partial charge in [-0.1, -0.05) is 12.1 Å².